The van der Waals surface area contributed by atoms with Gasteiger partial charge in [-0.1, -0.05) is 12.1 Å². The van der Waals surface area contributed by atoms with Crippen molar-refractivity contribution in [3.63, 3.8) is 0 Å². The molecule has 0 aliphatic heterocycles. The zero-order valence-electron chi connectivity index (χ0n) is 12.9. The molecule has 0 aliphatic carbocycles. The molecule has 128 valence electrons. The number of carboxylic acids is 1. The van der Waals surface area contributed by atoms with E-state index in [1.165, 1.54) is 0 Å². The van der Waals surface area contributed by atoms with Crippen molar-refractivity contribution in [1.82, 2.24) is 5.32 Å². The van der Waals surface area contributed by atoms with Crippen LogP contribution < -0.4 is 10.4 Å². The summed E-state index contributed by atoms with van der Waals surface area (Å²) in [6.45, 7) is 4.82. The summed E-state index contributed by atoms with van der Waals surface area (Å²) in [5.74, 6) is -1.56. The number of carbonyl (C=O) groups is 2. The Bertz CT molecular complexity index is 562. The predicted molar refractivity (Wildman–Crippen MR) is 73.3 cm³/mol. The summed E-state index contributed by atoms with van der Waals surface area (Å²) in [6, 6.07) is 2.57. The average molecular weight is 332 g/mol. The van der Waals surface area contributed by atoms with Crippen LogP contribution >= 0.6 is 0 Å². The molecule has 1 atom stereocenters. The number of carboxylic acid groups (broad SMARTS) is 1. The third-order valence-corrected chi connectivity index (χ3v) is 2.70. The van der Waals surface area contributed by atoms with Crippen molar-refractivity contribution in [3.05, 3.63) is 35.4 Å². The number of aliphatic carboxylic acids is 1. The van der Waals surface area contributed by atoms with E-state index in [9.17, 15) is 27.9 Å². The number of amides is 1. The van der Waals surface area contributed by atoms with Crippen LogP contribution in [0.15, 0.2) is 24.3 Å². The van der Waals surface area contributed by atoms with Gasteiger partial charge in [0.15, 0.2) is 0 Å². The number of rotatable bonds is 4. The summed E-state index contributed by atoms with van der Waals surface area (Å²) in [6.07, 6.45) is -5.64. The lowest BCUT2D eigenvalue weighted by Gasteiger charge is -2.24. The zero-order valence-corrected chi connectivity index (χ0v) is 12.9. The van der Waals surface area contributed by atoms with Gasteiger partial charge < -0.3 is 20.0 Å². The van der Waals surface area contributed by atoms with Crippen molar-refractivity contribution in [1.29, 1.82) is 0 Å². The minimum Gasteiger partial charge on any atom is -0.548 e. The maximum atomic E-state index is 12.5. The molecule has 0 bridgehead atoms. The first kappa shape index (κ1) is 18.8. The lowest BCUT2D eigenvalue weighted by atomic mass is 10.0. The van der Waals surface area contributed by atoms with Crippen molar-refractivity contribution in [2.45, 2.75) is 45.0 Å². The van der Waals surface area contributed by atoms with Gasteiger partial charge in [0.05, 0.1) is 17.6 Å². The van der Waals surface area contributed by atoms with E-state index >= 15 is 0 Å². The number of halogens is 3. The first-order valence-electron chi connectivity index (χ1n) is 6.75. The normalized spacial score (nSPS) is 13.3. The second kappa shape index (κ2) is 6.89. The molecule has 1 rings (SSSR count). The number of nitrogens with one attached hydrogen (secondary N) is 1. The fourth-order valence-electron chi connectivity index (χ4n) is 1.71. The molecule has 0 aliphatic rings. The molecule has 0 saturated heterocycles. The summed E-state index contributed by atoms with van der Waals surface area (Å²) < 4.78 is 42.3. The molecular weight excluding hydrogens is 315 g/mol. The second-order valence-corrected chi connectivity index (χ2v) is 5.92. The number of hydrogen-bond donors (Lipinski definition) is 1. The van der Waals surface area contributed by atoms with Crippen LogP contribution in [0.2, 0.25) is 0 Å². The van der Waals surface area contributed by atoms with Crippen LogP contribution in [0.3, 0.4) is 0 Å². The summed E-state index contributed by atoms with van der Waals surface area (Å²) in [4.78, 5) is 22.6. The van der Waals surface area contributed by atoms with Crippen LogP contribution in [-0.4, -0.2) is 23.7 Å². The average Bonchev–Trinajstić information content (AvgIpc) is 2.35. The molecule has 0 heterocycles. The minimum atomic E-state index is -4.47. The maximum absolute atomic E-state index is 12.5. The van der Waals surface area contributed by atoms with Gasteiger partial charge in [0, 0.05) is 0 Å². The summed E-state index contributed by atoms with van der Waals surface area (Å²) >= 11 is 0. The van der Waals surface area contributed by atoms with Gasteiger partial charge in [-0.15, -0.1) is 0 Å². The minimum absolute atomic E-state index is 0.223. The molecule has 1 N–H and O–H groups in total. The molecule has 0 spiro atoms. The van der Waals surface area contributed by atoms with Crippen molar-refractivity contribution in [2.75, 3.05) is 0 Å². The van der Waals surface area contributed by atoms with E-state index < -0.39 is 35.4 Å². The number of benzene rings is 1. The van der Waals surface area contributed by atoms with Crippen LogP contribution in [0.5, 0.6) is 0 Å². The largest absolute Gasteiger partial charge is 0.548 e. The van der Waals surface area contributed by atoms with E-state index in [1.54, 1.807) is 20.8 Å². The molecule has 1 aromatic rings. The van der Waals surface area contributed by atoms with Gasteiger partial charge in [0.25, 0.3) is 0 Å². The number of ether oxygens (including phenoxy) is 1. The van der Waals surface area contributed by atoms with E-state index in [0.717, 1.165) is 24.3 Å². The highest BCUT2D eigenvalue weighted by Gasteiger charge is 2.30. The topological polar surface area (TPSA) is 78.5 Å². The quantitative estimate of drug-likeness (QED) is 0.913. The third kappa shape index (κ3) is 6.58. The highest BCUT2D eigenvalue weighted by Crippen LogP contribution is 2.29. The maximum Gasteiger partial charge on any atom is 0.416 e. The van der Waals surface area contributed by atoms with Gasteiger partial charge in [-0.2, -0.15) is 13.2 Å². The Labute approximate surface area is 131 Å². The first-order chi connectivity index (χ1) is 10.4. The number of alkyl halides is 3. The Morgan fingerprint density at radius 2 is 1.70 bits per heavy atom. The molecule has 0 fully saturated rings. The fraction of sp³-hybridized carbons (Fsp3) is 0.467. The summed E-state index contributed by atoms with van der Waals surface area (Å²) in [5, 5.41) is 13.2. The van der Waals surface area contributed by atoms with Crippen molar-refractivity contribution in [2.24, 2.45) is 0 Å². The highest BCUT2D eigenvalue weighted by molar-refractivity contribution is 5.79. The fourth-order valence-corrected chi connectivity index (χ4v) is 1.71. The van der Waals surface area contributed by atoms with Crippen LogP contribution in [0, 0.1) is 0 Å². The lowest BCUT2D eigenvalue weighted by Crippen LogP contribution is -2.50. The van der Waals surface area contributed by atoms with Crippen LogP contribution in [0.1, 0.15) is 31.9 Å². The Balaban J connectivity index is 2.77. The molecule has 1 amide bonds. The predicted octanol–water partition coefficient (Wildman–Crippen LogP) is 1.89. The van der Waals surface area contributed by atoms with E-state index in [0.29, 0.717) is 5.56 Å². The molecule has 1 aromatic carbocycles. The van der Waals surface area contributed by atoms with Crippen molar-refractivity contribution in [3.8, 4) is 0 Å². The molecular formula is C15H17F3NO4-. The molecule has 0 unspecified atom stereocenters. The van der Waals surface area contributed by atoms with Crippen molar-refractivity contribution < 1.29 is 32.6 Å². The molecule has 8 heteroatoms. The molecule has 5 nitrogen and oxygen atoms in total. The molecule has 23 heavy (non-hydrogen) atoms. The Morgan fingerprint density at radius 1 is 1.17 bits per heavy atom. The van der Waals surface area contributed by atoms with E-state index in [-0.39, 0.29) is 6.42 Å². The lowest BCUT2D eigenvalue weighted by molar-refractivity contribution is -0.308. The van der Waals surface area contributed by atoms with Crippen LogP contribution in [0.4, 0.5) is 18.0 Å². The number of hydrogen-bond acceptors (Lipinski definition) is 4. The van der Waals surface area contributed by atoms with Gasteiger partial charge in [-0.25, -0.2) is 4.79 Å². The summed E-state index contributed by atoms with van der Waals surface area (Å²) in [7, 11) is 0. The Kier molecular flexibility index (Phi) is 5.63. The second-order valence-electron chi connectivity index (χ2n) is 5.92. The van der Waals surface area contributed by atoms with Gasteiger partial charge in [0.1, 0.15) is 5.60 Å². The Morgan fingerprint density at radius 3 is 2.09 bits per heavy atom. The first-order valence-corrected chi connectivity index (χ1v) is 6.75. The van der Waals surface area contributed by atoms with Gasteiger partial charge >= 0.3 is 12.3 Å². The van der Waals surface area contributed by atoms with E-state index in [1.807, 2.05) is 0 Å². The highest BCUT2D eigenvalue weighted by atomic mass is 19.4. The SMILES string of the molecule is CC(C)(C)OC(=O)N[C@@H](Cc1ccc(C(F)(F)F)cc1)C(=O)[O-]. The van der Waals surface area contributed by atoms with Gasteiger partial charge in [0.2, 0.25) is 0 Å². The molecule has 0 aromatic heterocycles. The number of carbonyl (C=O) groups excluding carboxylic acids is 2. The zero-order chi connectivity index (χ0) is 17.8. The smallest absolute Gasteiger partial charge is 0.416 e. The monoisotopic (exact) mass is 332 g/mol. The molecule has 0 saturated carbocycles. The van der Waals surface area contributed by atoms with Crippen molar-refractivity contribution >= 4 is 12.1 Å². The van der Waals surface area contributed by atoms with E-state index in [2.05, 4.69) is 5.32 Å². The van der Waals surface area contributed by atoms with Gasteiger partial charge in [-0.05, 0) is 44.9 Å². The van der Waals surface area contributed by atoms with Gasteiger partial charge in [-0.3, -0.25) is 0 Å². The third-order valence-electron chi connectivity index (χ3n) is 2.70. The van der Waals surface area contributed by atoms with E-state index in [4.69, 9.17) is 4.74 Å². The van der Waals surface area contributed by atoms with Crippen LogP contribution in [-0.2, 0) is 22.1 Å². The summed E-state index contributed by atoms with van der Waals surface area (Å²) in [5.41, 5.74) is -1.34. The van der Waals surface area contributed by atoms with Crippen LogP contribution in [0.25, 0.3) is 0 Å². The Hall–Kier alpha value is -2.25. The number of alkyl carbamates (subject to hydrolysis) is 1. The standard InChI is InChI=1S/C15H18F3NO4/c1-14(2,3)23-13(22)19-11(12(20)21)8-9-4-6-10(7-5-9)15(16,17)18/h4-7,11H,8H2,1-3H3,(H,19,22)(H,20,21)/p-1/t11-/m0/s1. The molecule has 0 radical (unpaired) electrons.